The Labute approximate surface area is 76.6 Å². The van der Waals surface area contributed by atoms with Crippen LogP contribution in [0, 0.1) is 0 Å². The van der Waals surface area contributed by atoms with Crippen molar-refractivity contribution in [2.24, 2.45) is 0 Å². The van der Waals surface area contributed by atoms with Gasteiger partial charge in [-0.3, -0.25) is 4.57 Å². The van der Waals surface area contributed by atoms with Crippen LogP contribution in [0.1, 0.15) is 0 Å². The first kappa shape index (κ1) is 10.3. The number of aromatic hydroxyl groups is 1. The molecule has 0 saturated carbocycles. The molecule has 4 nitrogen and oxygen atoms in total. The van der Waals surface area contributed by atoms with Gasteiger partial charge in [0.05, 0.1) is 0 Å². The van der Waals surface area contributed by atoms with Gasteiger partial charge >= 0.3 is 7.60 Å². The highest BCUT2D eigenvalue weighted by Gasteiger charge is 2.27. The van der Waals surface area contributed by atoms with Gasteiger partial charge in [-0.2, -0.15) is 0 Å². The van der Waals surface area contributed by atoms with Gasteiger partial charge < -0.3 is 14.2 Å². The Bertz CT molecular complexity index is 329. The lowest BCUT2D eigenvalue weighted by atomic mass is 10.3. The normalized spacial score (nSPS) is 11.5. The lowest BCUT2D eigenvalue weighted by molar-refractivity contribution is 0.286. The molecule has 0 aliphatic heterocycles. The van der Waals surface area contributed by atoms with E-state index in [0.29, 0.717) is 0 Å². The molecule has 0 unspecified atom stereocenters. The first-order valence-electron chi connectivity index (χ1n) is 3.64. The molecule has 0 atom stereocenters. The van der Waals surface area contributed by atoms with Gasteiger partial charge in [-0.05, 0) is 12.1 Å². The topological polar surface area (TPSA) is 55.8 Å². The molecule has 13 heavy (non-hydrogen) atoms. The smallest absolute Gasteiger partial charge is 0.364 e. The number of phenolic OH excluding ortho intramolecular Hbond substituents is 1. The first-order valence-corrected chi connectivity index (χ1v) is 5.18. The van der Waals surface area contributed by atoms with Crippen LogP contribution >= 0.6 is 7.60 Å². The number of hydrogen-bond acceptors (Lipinski definition) is 4. The zero-order valence-corrected chi connectivity index (χ0v) is 8.32. The van der Waals surface area contributed by atoms with Crippen molar-refractivity contribution in [2.45, 2.75) is 0 Å². The summed E-state index contributed by atoms with van der Waals surface area (Å²) in [6.45, 7) is 0. The fourth-order valence-electron chi connectivity index (χ4n) is 0.967. The van der Waals surface area contributed by atoms with E-state index in [1.807, 2.05) is 0 Å². The van der Waals surface area contributed by atoms with Crippen molar-refractivity contribution in [1.82, 2.24) is 0 Å². The Balaban J connectivity index is 3.20. The molecule has 72 valence electrons. The van der Waals surface area contributed by atoms with Crippen molar-refractivity contribution >= 4 is 12.9 Å². The molecule has 0 heterocycles. The monoisotopic (exact) mass is 202 g/mol. The second-order valence-electron chi connectivity index (χ2n) is 2.35. The van der Waals surface area contributed by atoms with Gasteiger partial charge in [0.1, 0.15) is 11.1 Å². The van der Waals surface area contributed by atoms with Gasteiger partial charge in [0.2, 0.25) is 0 Å². The second-order valence-corrected chi connectivity index (χ2v) is 4.56. The summed E-state index contributed by atoms with van der Waals surface area (Å²) in [5.41, 5.74) is 0. The maximum absolute atomic E-state index is 11.8. The van der Waals surface area contributed by atoms with Gasteiger partial charge in [-0.1, -0.05) is 12.1 Å². The van der Waals surface area contributed by atoms with Crippen LogP contribution in [0.3, 0.4) is 0 Å². The van der Waals surface area contributed by atoms with E-state index in [1.165, 1.54) is 26.4 Å². The number of para-hydroxylation sites is 1. The Morgan fingerprint density at radius 2 is 1.77 bits per heavy atom. The summed E-state index contributed by atoms with van der Waals surface area (Å²) >= 11 is 0. The molecule has 0 aliphatic rings. The Morgan fingerprint density at radius 3 is 2.23 bits per heavy atom. The molecule has 1 aromatic carbocycles. The van der Waals surface area contributed by atoms with Gasteiger partial charge in [-0.15, -0.1) is 0 Å². The molecule has 0 bridgehead atoms. The zero-order chi connectivity index (χ0) is 9.90. The summed E-state index contributed by atoms with van der Waals surface area (Å²) in [6.07, 6.45) is 0. The van der Waals surface area contributed by atoms with Gasteiger partial charge in [0.25, 0.3) is 0 Å². The van der Waals surface area contributed by atoms with Crippen LogP contribution in [0.15, 0.2) is 24.3 Å². The fraction of sp³-hybridized carbons (Fsp3) is 0.250. The lowest BCUT2D eigenvalue weighted by Crippen LogP contribution is -2.07. The van der Waals surface area contributed by atoms with Crippen LogP contribution < -0.4 is 5.30 Å². The van der Waals surface area contributed by atoms with Crippen molar-refractivity contribution < 1.29 is 18.7 Å². The van der Waals surface area contributed by atoms with E-state index in [4.69, 9.17) is 9.05 Å². The van der Waals surface area contributed by atoms with Gasteiger partial charge in [-0.25, -0.2) is 0 Å². The van der Waals surface area contributed by atoms with Crippen LogP contribution in [0.25, 0.3) is 0 Å². The maximum Gasteiger partial charge on any atom is 0.364 e. The molecule has 1 rings (SSSR count). The molecule has 0 aliphatic carbocycles. The van der Waals surface area contributed by atoms with Crippen molar-refractivity contribution in [3.8, 4) is 5.75 Å². The number of benzene rings is 1. The van der Waals surface area contributed by atoms with E-state index in [9.17, 15) is 9.67 Å². The quantitative estimate of drug-likeness (QED) is 0.754. The predicted octanol–water partition coefficient (Wildman–Crippen LogP) is 1.50. The Hall–Kier alpha value is -0.830. The van der Waals surface area contributed by atoms with Crippen molar-refractivity contribution in [3.63, 3.8) is 0 Å². The minimum atomic E-state index is -3.32. The number of hydrogen-bond donors (Lipinski definition) is 1. The fourth-order valence-corrected chi connectivity index (χ4v) is 2.13. The van der Waals surface area contributed by atoms with Crippen LogP contribution in [0.2, 0.25) is 0 Å². The molecule has 0 spiro atoms. The molecule has 1 N–H and O–H groups in total. The summed E-state index contributed by atoms with van der Waals surface area (Å²) in [7, 11) is -0.772. The molecular weight excluding hydrogens is 191 g/mol. The highest BCUT2D eigenvalue weighted by molar-refractivity contribution is 7.62. The van der Waals surface area contributed by atoms with E-state index in [0.717, 1.165) is 0 Å². The SMILES string of the molecule is COP(=O)(OC)c1ccccc1O. The highest BCUT2D eigenvalue weighted by Crippen LogP contribution is 2.47. The van der Waals surface area contributed by atoms with Gasteiger partial charge in [0.15, 0.2) is 0 Å². The van der Waals surface area contributed by atoms with E-state index in [2.05, 4.69) is 0 Å². The van der Waals surface area contributed by atoms with Crippen molar-refractivity contribution in [1.29, 1.82) is 0 Å². The summed E-state index contributed by atoms with van der Waals surface area (Å²) < 4.78 is 21.2. The highest BCUT2D eigenvalue weighted by atomic mass is 31.2. The third-order valence-electron chi connectivity index (χ3n) is 1.66. The van der Waals surface area contributed by atoms with E-state index in [1.54, 1.807) is 12.1 Å². The van der Waals surface area contributed by atoms with Gasteiger partial charge in [0, 0.05) is 14.2 Å². The van der Waals surface area contributed by atoms with E-state index in [-0.39, 0.29) is 11.1 Å². The van der Waals surface area contributed by atoms with Crippen molar-refractivity contribution in [3.05, 3.63) is 24.3 Å². The molecule has 0 aromatic heterocycles. The second kappa shape index (κ2) is 3.92. The number of phenols is 1. The third kappa shape index (κ3) is 1.91. The lowest BCUT2D eigenvalue weighted by Gasteiger charge is -2.14. The van der Waals surface area contributed by atoms with Crippen LogP contribution in [-0.4, -0.2) is 19.3 Å². The Kier molecular flexibility index (Phi) is 3.09. The summed E-state index contributed by atoms with van der Waals surface area (Å²) in [5, 5.41) is 9.56. The minimum Gasteiger partial charge on any atom is -0.507 e. The standard InChI is InChI=1S/C8H11O4P/c1-11-13(10,12-2)8-6-4-3-5-7(8)9/h3-6,9H,1-2H3. The molecule has 1 aromatic rings. The maximum atomic E-state index is 11.8. The van der Waals surface area contributed by atoms with Crippen LogP contribution in [0.5, 0.6) is 5.75 Å². The van der Waals surface area contributed by atoms with E-state index < -0.39 is 7.60 Å². The first-order chi connectivity index (χ1) is 6.14. The average Bonchev–Trinajstić information content (AvgIpc) is 2.17. The van der Waals surface area contributed by atoms with Crippen LogP contribution in [0.4, 0.5) is 0 Å². The van der Waals surface area contributed by atoms with Crippen molar-refractivity contribution in [2.75, 3.05) is 14.2 Å². The molecule has 5 heteroatoms. The molecule has 0 radical (unpaired) electrons. The summed E-state index contributed by atoms with van der Waals surface area (Å²) in [6, 6.07) is 6.22. The molecular formula is C8H11O4P. The summed E-state index contributed by atoms with van der Waals surface area (Å²) in [5.74, 6) is -0.0884. The van der Waals surface area contributed by atoms with E-state index >= 15 is 0 Å². The predicted molar refractivity (Wildman–Crippen MR) is 49.4 cm³/mol. The number of rotatable bonds is 3. The molecule has 0 amide bonds. The average molecular weight is 202 g/mol. The Morgan fingerprint density at radius 1 is 1.23 bits per heavy atom. The zero-order valence-electron chi connectivity index (χ0n) is 7.43. The van der Waals surface area contributed by atoms with Crippen LogP contribution in [-0.2, 0) is 13.6 Å². The third-order valence-corrected chi connectivity index (χ3v) is 3.59. The molecule has 0 fully saturated rings. The summed E-state index contributed by atoms with van der Waals surface area (Å²) in [4.78, 5) is 0. The largest absolute Gasteiger partial charge is 0.507 e. The molecule has 0 saturated heterocycles. The minimum absolute atomic E-state index is 0.0884.